The number of carbonyl (C=O) groups is 2. The number of benzene rings is 1. The van der Waals surface area contributed by atoms with Crippen molar-refractivity contribution in [3.05, 3.63) is 24.3 Å². The Morgan fingerprint density at radius 3 is 2.33 bits per heavy atom. The van der Waals surface area contributed by atoms with Crippen LogP contribution < -0.4 is 10.6 Å². The second-order valence-electron chi connectivity index (χ2n) is 5.85. The highest BCUT2D eigenvalue weighted by Gasteiger charge is 2.33. The molecule has 0 aromatic heterocycles. The van der Waals surface area contributed by atoms with Crippen molar-refractivity contribution in [1.82, 2.24) is 4.90 Å². The summed E-state index contributed by atoms with van der Waals surface area (Å²) in [5, 5.41) is 5.70. The van der Waals surface area contributed by atoms with Crippen LogP contribution in [0.3, 0.4) is 0 Å². The molecule has 1 aliphatic rings. The topological polar surface area (TPSA) is 95.6 Å². The van der Waals surface area contributed by atoms with Gasteiger partial charge in [0.25, 0.3) is 0 Å². The van der Waals surface area contributed by atoms with E-state index in [9.17, 15) is 18.0 Å². The maximum absolute atomic E-state index is 12.4. The Hall–Kier alpha value is -2.09. The average Bonchev–Trinajstić information content (AvgIpc) is 2.86. The van der Waals surface area contributed by atoms with Crippen molar-refractivity contribution in [3.8, 4) is 0 Å². The molecule has 1 unspecified atom stereocenters. The van der Waals surface area contributed by atoms with Crippen LogP contribution in [-0.4, -0.2) is 55.8 Å². The second kappa shape index (κ2) is 7.65. The van der Waals surface area contributed by atoms with Gasteiger partial charge in [-0.15, -0.1) is 0 Å². The summed E-state index contributed by atoms with van der Waals surface area (Å²) in [4.78, 5) is 25.0. The number of rotatable bonds is 6. The van der Waals surface area contributed by atoms with Crippen LogP contribution in [0.5, 0.6) is 0 Å². The molecule has 1 heterocycles. The molecular weight excluding hydrogens is 330 g/mol. The molecule has 7 nitrogen and oxygen atoms in total. The van der Waals surface area contributed by atoms with Gasteiger partial charge in [0.05, 0.1) is 18.1 Å². The molecule has 0 radical (unpaired) electrons. The van der Waals surface area contributed by atoms with E-state index in [1.165, 1.54) is 6.92 Å². The first-order valence-electron chi connectivity index (χ1n) is 7.92. The van der Waals surface area contributed by atoms with Crippen LogP contribution >= 0.6 is 0 Å². The molecule has 0 aliphatic carbocycles. The Labute approximate surface area is 142 Å². The third-order valence-electron chi connectivity index (χ3n) is 3.96. The summed E-state index contributed by atoms with van der Waals surface area (Å²) in [7, 11) is -3.01. The van der Waals surface area contributed by atoms with Crippen LogP contribution in [0.25, 0.3) is 0 Å². The van der Waals surface area contributed by atoms with E-state index in [2.05, 4.69) is 10.6 Å². The fraction of sp³-hybridized carbons (Fsp3) is 0.500. The smallest absolute Gasteiger partial charge is 0.242 e. The first-order valence-corrected chi connectivity index (χ1v) is 9.74. The highest BCUT2D eigenvalue weighted by atomic mass is 32.2. The monoisotopic (exact) mass is 353 g/mol. The molecule has 1 saturated heterocycles. The van der Waals surface area contributed by atoms with Gasteiger partial charge < -0.3 is 15.5 Å². The molecule has 2 N–H and O–H groups in total. The molecule has 24 heavy (non-hydrogen) atoms. The second-order valence-corrected chi connectivity index (χ2v) is 8.08. The highest BCUT2D eigenvalue weighted by Crippen LogP contribution is 2.18. The molecule has 1 aromatic rings. The van der Waals surface area contributed by atoms with Gasteiger partial charge in [-0.25, -0.2) is 8.42 Å². The zero-order chi connectivity index (χ0) is 17.7. The van der Waals surface area contributed by atoms with Crippen molar-refractivity contribution < 1.29 is 18.0 Å². The number of carbonyl (C=O) groups excluding carboxylic acids is 2. The summed E-state index contributed by atoms with van der Waals surface area (Å²) >= 11 is 0. The number of likely N-dealkylation sites (N-methyl/N-ethyl adjacent to an activating group) is 1. The largest absolute Gasteiger partial charge is 0.376 e. The Balaban J connectivity index is 1.90. The molecule has 0 bridgehead atoms. The number of hydrogen-bond acceptors (Lipinski definition) is 5. The van der Waals surface area contributed by atoms with E-state index in [-0.39, 0.29) is 35.9 Å². The molecule has 2 rings (SSSR count). The standard InChI is InChI=1S/C16H23N3O4S/c1-3-19(15-8-9-24(22,23)11-15)16(21)10-17-13-4-6-14(7-5-13)18-12(2)20/h4-7,15,17H,3,8-11H2,1-2H3,(H,18,20). The number of anilines is 2. The lowest BCUT2D eigenvalue weighted by Crippen LogP contribution is -2.43. The van der Waals surface area contributed by atoms with E-state index in [0.29, 0.717) is 18.7 Å². The number of amides is 2. The van der Waals surface area contributed by atoms with E-state index in [1.54, 1.807) is 29.2 Å². The van der Waals surface area contributed by atoms with Crippen LogP contribution in [0.15, 0.2) is 24.3 Å². The van der Waals surface area contributed by atoms with Crippen molar-refractivity contribution >= 4 is 33.0 Å². The SMILES string of the molecule is CCN(C(=O)CNc1ccc(NC(C)=O)cc1)C1CCS(=O)(=O)C1. The van der Waals surface area contributed by atoms with Gasteiger partial charge in [0, 0.05) is 30.9 Å². The van der Waals surface area contributed by atoms with E-state index < -0.39 is 9.84 Å². The minimum atomic E-state index is -3.01. The minimum Gasteiger partial charge on any atom is -0.376 e. The Morgan fingerprint density at radius 2 is 1.83 bits per heavy atom. The summed E-state index contributed by atoms with van der Waals surface area (Å²) in [5.41, 5.74) is 1.44. The van der Waals surface area contributed by atoms with Gasteiger partial charge >= 0.3 is 0 Å². The molecule has 0 saturated carbocycles. The van der Waals surface area contributed by atoms with Gasteiger partial charge in [-0.3, -0.25) is 9.59 Å². The number of hydrogen-bond donors (Lipinski definition) is 2. The maximum atomic E-state index is 12.4. The average molecular weight is 353 g/mol. The van der Waals surface area contributed by atoms with E-state index in [1.807, 2.05) is 6.92 Å². The Bertz CT molecular complexity index is 701. The van der Waals surface area contributed by atoms with E-state index in [0.717, 1.165) is 5.69 Å². The zero-order valence-electron chi connectivity index (χ0n) is 13.9. The van der Waals surface area contributed by atoms with Crippen LogP contribution in [-0.2, 0) is 19.4 Å². The lowest BCUT2D eigenvalue weighted by atomic mass is 10.2. The normalized spacial score (nSPS) is 18.8. The molecule has 2 amide bonds. The lowest BCUT2D eigenvalue weighted by molar-refractivity contribution is -0.130. The Morgan fingerprint density at radius 1 is 1.21 bits per heavy atom. The van der Waals surface area contributed by atoms with Gasteiger partial charge in [-0.05, 0) is 37.6 Å². The van der Waals surface area contributed by atoms with Crippen molar-refractivity contribution in [2.24, 2.45) is 0 Å². The van der Waals surface area contributed by atoms with E-state index >= 15 is 0 Å². The van der Waals surface area contributed by atoms with E-state index in [4.69, 9.17) is 0 Å². The minimum absolute atomic E-state index is 0.0536. The maximum Gasteiger partial charge on any atom is 0.242 e. The van der Waals surface area contributed by atoms with Gasteiger partial charge in [0.15, 0.2) is 9.84 Å². The summed E-state index contributed by atoms with van der Waals surface area (Å²) in [6.45, 7) is 3.88. The summed E-state index contributed by atoms with van der Waals surface area (Å²) in [6.07, 6.45) is 0.507. The molecule has 8 heteroatoms. The predicted molar refractivity (Wildman–Crippen MR) is 93.7 cm³/mol. The first kappa shape index (κ1) is 18.3. The zero-order valence-corrected chi connectivity index (χ0v) is 14.7. The predicted octanol–water partition coefficient (Wildman–Crippen LogP) is 1.09. The third-order valence-corrected chi connectivity index (χ3v) is 5.71. The van der Waals surface area contributed by atoms with Crippen molar-refractivity contribution in [2.75, 3.05) is 35.2 Å². The van der Waals surface area contributed by atoms with Crippen molar-refractivity contribution in [3.63, 3.8) is 0 Å². The van der Waals surface area contributed by atoms with Crippen molar-refractivity contribution in [2.45, 2.75) is 26.3 Å². The summed E-state index contributed by atoms with van der Waals surface area (Å²) in [5.74, 6) is -0.0566. The molecule has 1 atom stereocenters. The number of sulfone groups is 1. The number of nitrogens with one attached hydrogen (secondary N) is 2. The molecule has 0 spiro atoms. The van der Waals surface area contributed by atoms with Crippen molar-refractivity contribution in [1.29, 1.82) is 0 Å². The summed E-state index contributed by atoms with van der Waals surface area (Å²) in [6, 6.07) is 6.81. The van der Waals surface area contributed by atoms with Crippen LogP contribution in [0.4, 0.5) is 11.4 Å². The molecular formula is C16H23N3O4S. The van der Waals surface area contributed by atoms with Crippen LogP contribution in [0.2, 0.25) is 0 Å². The number of nitrogens with zero attached hydrogens (tertiary/aromatic N) is 1. The molecule has 1 aromatic carbocycles. The fourth-order valence-electron chi connectivity index (χ4n) is 2.81. The molecule has 1 aliphatic heterocycles. The third kappa shape index (κ3) is 4.95. The molecule has 132 valence electrons. The van der Waals surface area contributed by atoms with Gasteiger partial charge in [-0.1, -0.05) is 0 Å². The van der Waals surface area contributed by atoms with Gasteiger partial charge in [-0.2, -0.15) is 0 Å². The van der Waals surface area contributed by atoms with Gasteiger partial charge in [0.1, 0.15) is 0 Å². The fourth-order valence-corrected chi connectivity index (χ4v) is 4.54. The quantitative estimate of drug-likeness (QED) is 0.798. The van der Waals surface area contributed by atoms with Gasteiger partial charge in [0.2, 0.25) is 11.8 Å². The van der Waals surface area contributed by atoms with Crippen LogP contribution in [0, 0.1) is 0 Å². The highest BCUT2D eigenvalue weighted by molar-refractivity contribution is 7.91. The first-order chi connectivity index (χ1) is 11.3. The lowest BCUT2D eigenvalue weighted by Gasteiger charge is -2.27. The molecule has 1 fully saturated rings. The summed E-state index contributed by atoms with van der Waals surface area (Å²) < 4.78 is 23.2. The van der Waals surface area contributed by atoms with Crippen LogP contribution in [0.1, 0.15) is 20.3 Å². The Kier molecular flexibility index (Phi) is 5.82.